The number of hydrogen-bond donors (Lipinski definition) is 0. The number of aliphatic imine (C=N–C) groups is 1. The van der Waals surface area contributed by atoms with E-state index in [-0.39, 0.29) is 0 Å². The first-order valence-corrected chi connectivity index (χ1v) is 4.26. The largest absolute Gasteiger partial charge is 0.240 e. The second-order valence-electron chi connectivity index (χ2n) is 2.55. The highest BCUT2D eigenvalue weighted by molar-refractivity contribution is 5.47. The normalized spacial score (nSPS) is 11.2. The van der Waals surface area contributed by atoms with Crippen LogP contribution in [0.25, 0.3) is 0 Å². The number of nitrogens with zero attached hydrogens (tertiary/aromatic N) is 1. The van der Waals surface area contributed by atoms with E-state index in [9.17, 15) is 4.79 Å². The minimum atomic E-state index is 0.432. The fraction of sp³-hybridized carbons (Fsp3) is 0. The molecule has 0 fully saturated rings. The molecule has 76 valence electrons. The predicted molar refractivity (Wildman–Crippen MR) is 64.0 cm³/mol. The van der Waals surface area contributed by atoms with Crippen LogP contribution in [0.15, 0.2) is 78.5 Å². The molecule has 2 nitrogen and oxygen atoms in total. The first kappa shape index (κ1) is 12.8. The average molecular weight is 199 g/mol. The lowest BCUT2D eigenvalue weighted by molar-refractivity contribution is 0.565. The van der Waals surface area contributed by atoms with Crippen molar-refractivity contribution in [2.75, 3.05) is 0 Å². The van der Waals surface area contributed by atoms with Crippen LogP contribution in [-0.2, 0) is 4.79 Å². The second kappa shape index (κ2) is 7.25. The number of rotatable bonds is 6. The molecule has 15 heavy (non-hydrogen) atoms. The molecular formula is C13H13NO. The Morgan fingerprint density at radius 2 is 1.73 bits per heavy atom. The van der Waals surface area contributed by atoms with Gasteiger partial charge in [0.25, 0.3) is 0 Å². The summed E-state index contributed by atoms with van der Waals surface area (Å²) in [7, 11) is 0. The van der Waals surface area contributed by atoms with E-state index in [0.29, 0.717) is 5.70 Å². The summed E-state index contributed by atoms with van der Waals surface area (Å²) in [5, 5.41) is 0. The van der Waals surface area contributed by atoms with E-state index >= 15 is 0 Å². The molecule has 0 saturated carbocycles. The first-order chi connectivity index (χ1) is 7.19. The maximum Gasteiger partial charge on any atom is 0.240 e. The lowest BCUT2D eigenvalue weighted by Gasteiger charge is -1.98. The molecule has 0 aliphatic carbocycles. The fourth-order valence-corrected chi connectivity index (χ4v) is 0.803. The van der Waals surface area contributed by atoms with Crippen molar-refractivity contribution in [3.8, 4) is 0 Å². The molecule has 0 bridgehead atoms. The van der Waals surface area contributed by atoms with E-state index in [2.05, 4.69) is 31.3 Å². The van der Waals surface area contributed by atoms with Gasteiger partial charge < -0.3 is 0 Å². The van der Waals surface area contributed by atoms with Crippen LogP contribution in [0.5, 0.6) is 0 Å². The molecule has 0 heterocycles. The fourth-order valence-electron chi connectivity index (χ4n) is 0.803. The molecule has 0 aliphatic rings. The van der Waals surface area contributed by atoms with E-state index in [1.807, 2.05) is 0 Å². The van der Waals surface area contributed by atoms with Crippen LogP contribution in [-0.4, -0.2) is 6.08 Å². The van der Waals surface area contributed by atoms with Crippen LogP contribution in [0.4, 0.5) is 0 Å². The number of hydrogen-bond acceptors (Lipinski definition) is 2. The highest BCUT2D eigenvalue weighted by atomic mass is 16.1. The van der Waals surface area contributed by atoms with Gasteiger partial charge in [0.15, 0.2) is 0 Å². The molecule has 0 aromatic heterocycles. The molecule has 2 heteroatoms. The first-order valence-electron chi connectivity index (χ1n) is 4.26. The third kappa shape index (κ3) is 4.55. The van der Waals surface area contributed by atoms with Crippen LogP contribution in [0, 0.1) is 0 Å². The van der Waals surface area contributed by atoms with Gasteiger partial charge in [-0.25, -0.2) is 4.79 Å². The van der Waals surface area contributed by atoms with Crippen LogP contribution in [0.1, 0.15) is 0 Å². The molecule has 0 aromatic rings. The van der Waals surface area contributed by atoms with Crippen molar-refractivity contribution in [2.24, 2.45) is 4.99 Å². The topological polar surface area (TPSA) is 29.4 Å². The van der Waals surface area contributed by atoms with Gasteiger partial charge in [-0.15, -0.1) is 0 Å². The Balaban J connectivity index is 5.08. The zero-order valence-corrected chi connectivity index (χ0v) is 8.57. The average Bonchev–Trinajstić information content (AvgIpc) is 2.27. The molecular weight excluding hydrogens is 186 g/mol. The summed E-state index contributed by atoms with van der Waals surface area (Å²) in [5.74, 6) is 0. The zero-order valence-electron chi connectivity index (χ0n) is 8.57. The van der Waals surface area contributed by atoms with Crippen molar-refractivity contribution in [1.82, 2.24) is 0 Å². The minimum Gasteiger partial charge on any atom is -0.211 e. The van der Waals surface area contributed by atoms with Crippen molar-refractivity contribution in [1.29, 1.82) is 0 Å². The van der Waals surface area contributed by atoms with Gasteiger partial charge in [-0.2, -0.15) is 4.99 Å². The van der Waals surface area contributed by atoms with Gasteiger partial charge >= 0.3 is 0 Å². The van der Waals surface area contributed by atoms with Crippen molar-refractivity contribution >= 4 is 6.08 Å². The molecule has 0 N–H and O–H groups in total. The smallest absolute Gasteiger partial charge is 0.211 e. The molecule has 0 aliphatic heterocycles. The Kier molecular flexibility index (Phi) is 6.19. The van der Waals surface area contributed by atoms with E-state index in [4.69, 9.17) is 0 Å². The van der Waals surface area contributed by atoms with Gasteiger partial charge in [-0.05, 0) is 23.3 Å². The minimum absolute atomic E-state index is 0.432. The molecule has 0 rings (SSSR count). The summed E-state index contributed by atoms with van der Waals surface area (Å²) in [6.07, 6.45) is 9.53. The second-order valence-corrected chi connectivity index (χ2v) is 2.55. The van der Waals surface area contributed by atoms with E-state index in [0.717, 1.165) is 11.1 Å². The van der Waals surface area contributed by atoms with Gasteiger partial charge in [-0.1, -0.05) is 44.5 Å². The third-order valence-corrected chi connectivity index (χ3v) is 1.65. The van der Waals surface area contributed by atoms with Gasteiger partial charge in [0.2, 0.25) is 6.08 Å². The Labute approximate surface area is 90.0 Å². The summed E-state index contributed by atoms with van der Waals surface area (Å²) in [4.78, 5) is 13.5. The molecule has 0 radical (unpaired) electrons. The van der Waals surface area contributed by atoms with Crippen molar-refractivity contribution in [3.63, 3.8) is 0 Å². The van der Waals surface area contributed by atoms with Crippen LogP contribution >= 0.6 is 0 Å². The number of carbonyl (C=O) groups excluding carboxylic acids is 1. The Bertz CT molecular complexity index is 391. The molecule has 0 unspecified atom stereocenters. The van der Waals surface area contributed by atoms with Crippen molar-refractivity contribution < 1.29 is 4.79 Å². The van der Waals surface area contributed by atoms with Gasteiger partial charge in [0, 0.05) is 0 Å². The van der Waals surface area contributed by atoms with E-state index < -0.39 is 0 Å². The number of isocyanates is 1. The predicted octanol–water partition coefficient (Wildman–Crippen LogP) is 3.25. The third-order valence-electron chi connectivity index (χ3n) is 1.65. The molecule has 0 spiro atoms. The summed E-state index contributed by atoms with van der Waals surface area (Å²) in [6, 6.07) is 0. The Morgan fingerprint density at radius 1 is 1.07 bits per heavy atom. The lowest BCUT2D eigenvalue weighted by atomic mass is 10.1. The van der Waals surface area contributed by atoms with E-state index in [1.165, 1.54) is 12.2 Å². The van der Waals surface area contributed by atoms with E-state index in [1.54, 1.807) is 24.3 Å². The quantitative estimate of drug-likeness (QED) is 0.367. The van der Waals surface area contributed by atoms with Crippen molar-refractivity contribution in [2.45, 2.75) is 0 Å². The standard InChI is InChI=1S/C13H13NO/c1-5-11(4)12(6-2)8-9-13(7-3)14-10-15/h5-9H,1-4H2/b12-8+,13-9+. The summed E-state index contributed by atoms with van der Waals surface area (Å²) >= 11 is 0. The molecule has 0 aromatic carbocycles. The number of allylic oxidation sites excluding steroid dienone is 7. The van der Waals surface area contributed by atoms with Crippen LogP contribution < -0.4 is 0 Å². The highest BCUT2D eigenvalue weighted by Crippen LogP contribution is 2.10. The SMILES string of the molecule is C=CC(=C)/C(C=C)=C/C=C(\C=C)N=C=O. The lowest BCUT2D eigenvalue weighted by Crippen LogP contribution is -1.79. The van der Waals surface area contributed by atoms with Gasteiger partial charge in [0.1, 0.15) is 0 Å². The molecule has 0 atom stereocenters. The van der Waals surface area contributed by atoms with Crippen LogP contribution in [0.3, 0.4) is 0 Å². The van der Waals surface area contributed by atoms with Gasteiger partial charge in [-0.3, -0.25) is 0 Å². The monoisotopic (exact) mass is 199 g/mol. The molecule has 0 amide bonds. The van der Waals surface area contributed by atoms with Gasteiger partial charge in [0.05, 0.1) is 5.70 Å². The molecule has 0 saturated heterocycles. The summed E-state index contributed by atoms with van der Waals surface area (Å²) in [5.41, 5.74) is 1.99. The zero-order chi connectivity index (χ0) is 11.7. The maximum atomic E-state index is 10.0. The Hall–Kier alpha value is -2.18. The maximum absolute atomic E-state index is 10.0. The Morgan fingerprint density at radius 3 is 2.13 bits per heavy atom. The van der Waals surface area contributed by atoms with Crippen LogP contribution in [0.2, 0.25) is 0 Å². The summed E-state index contributed by atoms with van der Waals surface area (Å²) in [6.45, 7) is 14.5. The highest BCUT2D eigenvalue weighted by Gasteiger charge is 1.92. The van der Waals surface area contributed by atoms with Crippen molar-refractivity contribution in [3.05, 3.63) is 73.5 Å². The summed E-state index contributed by atoms with van der Waals surface area (Å²) < 4.78 is 0.